The van der Waals surface area contributed by atoms with Gasteiger partial charge in [-0.25, -0.2) is 4.99 Å². The van der Waals surface area contributed by atoms with Crippen molar-refractivity contribution < 1.29 is 8.95 Å². The molecule has 0 saturated carbocycles. The molecule has 2 aliphatic heterocycles. The molecule has 1 unspecified atom stereocenters. The van der Waals surface area contributed by atoms with Crippen molar-refractivity contribution in [2.75, 3.05) is 44.7 Å². The molecule has 0 spiro atoms. The van der Waals surface area contributed by atoms with Crippen molar-refractivity contribution in [2.24, 2.45) is 4.99 Å². The highest BCUT2D eigenvalue weighted by Crippen LogP contribution is 2.37. The average molecular weight is 369 g/mol. The maximum absolute atomic E-state index is 11.3. The monoisotopic (exact) mass is 369 g/mol. The van der Waals surface area contributed by atoms with E-state index < -0.39 is 10.8 Å². The van der Waals surface area contributed by atoms with Crippen molar-refractivity contribution in [3.63, 3.8) is 0 Å². The molecule has 6 heteroatoms. The van der Waals surface area contributed by atoms with E-state index in [2.05, 4.69) is 15.9 Å². The highest BCUT2D eigenvalue weighted by atomic mass is 32.2. The molecule has 0 bridgehead atoms. The smallest absolute Gasteiger partial charge is 0.153 e. The molecule has 1 fully saturated rings. The van der Waals surface area contributed by atoms with Crippen molar-refractivity contribution in [1.29, 1.82) is 0 Å². The number of nitrogens with zero attached hydrogens (tertiary/aromatic N) is 3. The second kappa shape index (κ2) is 7.60. The first kappa shape index (κ1) is 17.2. The summed E-state index contributed by atoms with van der Waals surface area (Å²) in [5.74, 6) is 3.36. The fraction of sp³-hybridized carbons (Fsp3) is 0.350. The highest BCUT2D eigenvalue weighted by molar-refractivity contribution is 7.84. The number of amidine groups is 1. The Balaban J connectivity index is 1.59. The maximum Gasteiger partial charge on any atom is 0.153 e. The van der Waals surface area contributed by atoms with Crippen LogP contribution < -0.4 is 4.74 Å². The minimum absolute atomic E-state index is 0.733. The standard InChI is InChI=1S/C20H23N3O2S/c1-26(24)15-14-22-10-12-23(13-11-22)20-16-6-2-4-8-18(16)25-19-9-5-3-7-17(19)21-20/h2-9H,10-15H2,1H3. The van der Waals surface area contributed by atoms with E-state index in [1.165, 1.54) is 0 Å². The fourth-order valence-electron chi connectivity index (χ4n) is 3.35. The predicted octanol–water partition coefficient (Wildman–Crippen LogP) is 2.87. The molecule has 0 aliphatic carbocycles. The van der Waals surface area contributed by atoms with Crippen LogP contribution in [0.25, 0.3) is 0 Å². The van der Waals surface area contributed by atoms with Gasteiger partial charge in [0, 0.05) is 55.5 Å². The van der Waals surface area contributed by atoms with Crippen LogP contribution in [0, 0.1) is 0 Å². The Morgan fingerprint density at radius 3 is 2.46 bits per heavy atom. The van der Waals surface area contributed by atoms with Crippen LogP contribution in [0.5, 0.6) is 11.5 Å². The number of aliphatic imine (C=N–C) groups is 1. The number of para-hydroxylation sites is 3. The third kappa shape index (κ3) is 3.66. The van der Waals surface area contributed by atoms with Crippen molar-refractivity contribution in [3.05, 3.63) is 54.1 Å². The largest absolute Gasteiger partial charge is 0.454 e. The molecule has 0 N–H and O–H groups in total. The lowest BCUT2D eigenvalue weighted by Gasteiger charge is -2.36. The Bertz CT molecular complexity index is 844. The van der Waals surface area contributed by atoms with Crippen LogP contribution in [0.3, 0.4) is 0 Å². The molecule has 1 atom stereocenters. The van der Waals surface area contributed by atoms with Gasteiger partial charge in [-0.05, 0) is 24.3 Å². The minimum atomic E-state index is -0.733. The Morgan fingerprint density at radius 1 is 1.00 bits per heavy atom. The number of hydrogen-bond acceptors (Lipinski definition) is 5. The summed E-state index contributed by atoms with van der Waals surface area (Å²) < 4.78 is 17.5. The Labute approximate surface area is 156 Å². The first-order chi connectivity index (χ1) is 12.7. The van der Waals surface area contributed by atoms with E-state index in [-0.39, 0.29) is 0 Å². The topological polar surface area (TPSA) is 45.1 Å². The maximum atomic E-state index is 11.3. The molecule has 0 radical (unpaired) electrons. The van der Waals surface area contributed by atoms with Crippen molar-refractivity contribution in [1.82, 2.24) is 9.80 Å². The Kier molecular flexibility index (Phi) is 5.04. The van der Waals surface area contributed by atoms with Gasteiger partial charge in [-0.1, -0.05) is 24.3 Å². The quantitative estimate of drug-likeness (QED) is 0.835. The van der Waals surface area contributed by atoms with E-state index in [4.69, 9.17) is 9.73 Å². The number of ether oxygens (including phenoxy) is 1. The molecule has 2 aromatic carbocycles. The molecule has 2 heterocycles. The van der Waals surface area contributed by atoms with E-state index in [0.717, 1.165) is 67.1 Å². The van der Waals surface area contributed by atoms with Gasteiger partial charge in [0.15, 0.2) is 5.75 Å². The molecule has 26 heavy (non-hydrogen) atoms. The van der Waals surface area contributed by atoms with Gasteiger partial charge in [-0.3, -0.25) is 9.11 Å². The van der Waals surface area contributed by atoms with Gasteiger partial charge in [0.25, 0.3) is 0 Å². The molecule has 0 aromatic heterocycles. The molecule has 2 aromatic rings. The zero-order chi connectivity index (χ0) is 17.9. The van der Waals surface area contributed by atoms with Gasteiger partial charge in [0.05, 0.1) is 5.56 Å². The van der Waals surface area contributed by atoms with Crippen LogP contribution in [0.15, 0.2) is 53.5 Å². The summed E-state index contributed by atoms with van der Waals surface area (Å²) in [4.78, 5) is 9.67. The number of benzene rings is 2. The third-order valence-corrected chi connectivity index (χ3v) is 5.56. The number of hydrogen-bond donors (Lipinski definition) is 0. The lowest BCUT2D eigenvalue weighted by atomic mass is 10.1. The van der Waals surface area contributed by atoms with Crippen molar-refractivity contribution in [2.45, 2.75) is 0 Å². The molecule has 5 nitrogen and oxygen atoms in total. The fourth-order valence-corrected chi connectivity index (χ4v) is 3.87. The number of piperazine rings is 1. The van der Waals surface area contributed by atoms with Crippen LogP contribution in [0.2, 0.25) is 0 Å². The number of fused-ring (bicyclic) bond motifs is 2. The van der Waals surface area contributed by atoms with Crippen LogP contribution in [0.4, 0.5) is 5.69 Å². The van der Waals surface area contributed by atoms with E-state index in [9.17, 15) is 4.21 Å². The SMILES string of the molecule is CS(=O)CCN1CCN(C2=Nc3ccccc3Oc3ccccc32)CC1. The average Bonchev–Trinajstić information content (AvgIpc) is 2.83. The molecular formula is C20H23N3O2S. The zero-order valence-electron chi connectivity index (χ0n) is 14.9. The van der Waals surface area contributed by atoms with Crippen molar-refractivity contribution in [3.8, 4) is 11.5 Å². The summed E-state index contributed by atoms with van der Waals surface area (Å²) in [6, 6.07) is 16.0. The molecule has 136 valence electrons. The predicted molar refractivity (Wildman–Crippen MR) is 106 cm³/mol. The van der Waals surface area contributed by atoms with Gasteiger partial charge in [-0.15, -0.1) is 0 Å². The normalized spacial score (nSPS) is 18.2. The van der Waals surface area contributed by atoms with E-state index in [1.54, 1.807) is 6.26 Å². The zero-order valence-corrected chi connectivity index (χ0v) is 15.7. The molecule has 1 saturated heterocycles. The Morgan fingerprint density at radius 2 is 1.69 bits per heavy atom. The second-order valence-corrected chi connectivity index (χ2v) is 8.16. The number of rotatable bonds is 3. The van der Waals surface area contributed by atoms with E-state index in [1.807, 2.05) is 42.5 Å². The molecule has 2 aliphatic rings. The first-order valence-electron chi connectivity index (χ1n) is 8.93. The summed E-state index contributed by atoms with van der Waals surface area (Å²) in [6.07, 6.45) is 1.77. The van der Waals surface area contributed by atoms with Crippen LogP contribution in [-0.4, -0.2) is 64.6 Å². The molecule has 0 amide bonds. The highest BCUT2D eigenvalue weighted by Gasteiger charge is 2.25. The molecular weight excluding hydrogens is 346 g/mol. The summed E-state index contributed by atoms with van der Waals surface area (Å²) in [6.45, 7) is 4.63. The summed E-state index contributed by atoms with van der Waals surface area (Å²) >= 11 is 0. The van der Waals surface area contributed by atoms with Crippen LogP contribution in [-0.2, 0) is 10.8 Å². The first-order valence-corrected chi connectivity index (χ1v) is 10.7. The van der Waals surface area contributed by atoms with E-state index in [0.29, 0.717) is 0 Å². The van der Waals surface area contributed by atoms with Gasteiger partial charge in [0.2, 0.25) is 0 Å². The Hall–Kier alpha value is -2.18. The minimum Gasteiger partial charge on any atom is -0.454 e. The second-order valence-electron chi connectivity index (χ2n) is 6.61. The van der Waals surface area contributed by atoms with Gasteiger partial charge in [0.1, 0.15) is 17.3 Å². The lowest BCUT2D eigenvalue weighted by Crippen LogP contribution is -2.49. The lowest BCUT2D eigenvalue weighted by molar-refractivity contribution is 0.191. The molecule has 4 rings (SSSR count). The van der Waals surface area contributed by atoms with Gasteiger partial charge >= 0.3 is 0 Å². The third-order valence-electron chi connectivity index (χ3n) is 4.81. The summed E-state index contributed by atoms with van der Waals surface area (Å²) in [5.41, 5.74) is 1.90. The summed E-state index contributed by atoms with van der Waals surface area (Å²) in [5, 5.41) is 0. The van der Waals surface area contributed by atoms with Crippen LogP contribution >= 0.6 is 0 Å². The van der Waals surface area contributed by atoms with Gasteiger partial charge in [-0.2, -0.15) is 0 Å². The van der Waals surface area contributed by atoms with Gasteiger partial charge < -0.3 is 9.64 Å². The summed E-state index contributed by atoms with van der Waals surface area (Å²) in [7, 11) is -0.733. The van der Waals surface area contributed by atoms with Crippen molar-refractivity contribution >= 4 is 22.3 Å². The van der Waals surface area contributed by atoms with E-state index >= 15 is 0 Å². The van der Waals surface area contributed by atoms with Crippen LogP contribution in [0.1, 0.15) is 5.56 Å².